The quantitative estimate of drug-likeness (QED) is 0.216. The van der Waals surface area contributed by atoms with E-state index in [0.29, 0.717) is 0 Å². The van der Waals surface area contributed by atoms with E-state index in [1.807, 2.05) is 84.4 Å². The molecule has 1 heterocycles. The van der Waals surface area contributed by atoms with E-state index < -0.39 is 0 Å². The van der Waals surface area contributed by atoms with Gasteiger partial charge in [0.2, 0.25) is 0 Å². The molecule has 0 fully saturated rings. The van der Waals surface area contributed by atoms with Crippen LogP contribution in [0.3, 0.4) is 0 Å². The van der Waals surface area contributed by atoms with Crippen molar-refractivity contribution in [3.05, 3.63) is 118 Å². The lowest BCUT2D eigenvalue weighted by Crippen LogP contribution is -2.18. The molecule has 0 aliphatic rings. The first-order valence-corrected chi connectivity index (χ1v) is 11.6. The zero-order chi connectivity index (χ0) is 23.5. The lowest BCUT2D eigenvalue weighted by Gasteiger charge is -2.10. The number of fused-ring (bicyclic) bond motifs is 1. The largest absolute Gasteiger partial charge is 0.291 e. The van der Waals surface area contributed by atoms with Gasteiger partial charge in [-0.2, -0.15) is 10.2 Å². The minimum Gasteiger partial charge on any atom is -0.265 e. The van der Waals surface area contributed by atoms with Crippen LogP contribution in [0, 0.1) is 6.92 Å². The molecule has 6 heteroatoms. The Labute approximate surface area is 205 Å². The molecule has 34 heavy (non-hydrogen) atoms. The normalized spacial score (nSPS) is 11.2. The number of rotatable bonds is 5. The molecule has 1 N–H and O–H groups in total. The maximum Gasteiger partial charge on any atom is 0.291 e. The molecule has 0 aliphatic carbocycles. The predicted octanol–water partition coefficient (Wildman–Crippen LogP) is 6.53. The number of amides is 1. The maximum atomic E-state index is 12.9. The number of nitrogens with one attached hydrogen (secondary N) is 1. The van der Waals surface area contributed by atoms with Crippen LogP contribution >= 0.6 is 15.9 Å². The number of hydrogen-bond donors (Lipinski definition) is 1. The zero-order valence-corrected chi connectivity index (χ0v) is 20.0. The molecule has 0 saturated heterocycles. The SMILES string of the molecule is Cc1ccc(-n2nc(C(=O)N/N=C\c3cccc(Br)c3)cc2-c2cccc3ccccc23)cc1. The number of nitrogens with zero attached hydrogens (tertiary/aromatic N) is 3. The third kappa shape index (κ3) is 4.54. The van der Waals surface area contributed by atoms with Gasteiger partial charge in [-0.05, 0) is 53.6 Å². The van der Waals surface area contributed by atoms with Gasteiger partial charge in [-0.25, -0.2) is 10.1 Å². The minimum atomic E-state index is -0.376. The molecular weight excluding hydrogens is 488 g/mol. The summed E-state index contributed by atoms with van der Waals surface area (Å²) in [5.74, 6) is -0.376. The van der Waals surface area contributed by atoms with Crippen molar-refractivity contribution in [2.75, 3.05) is 0 Å². The highest BCUT2D eigenvalue weighted by atomic mass is 79.9. The van der Waals surface area contributed by atoms with Gasteiger partial charge in [0.1, 0.15) is 0 Å². The van der Waals surface area contributed by atoms with Crippen molar-refractivity contribution in [2.45, 2.75) is 6.92 Å². The van der Waals surface area contributed by atoms with Crippen molar-refractivity contribution in [1.29, 1.82) is 0 Å². The van der Waals surface area contributed by atoms with Gasteiger partial charge in [-0.3, -0.25) is 4.79 Å². The number of aromatic nitrogens is 2. The minimum absolute atomic E-state index is 0.287. The van der Waals surface area contributed by atoms with E-state index >= 15 is 0 Å². The second kappa shape index (κ2) is 9.45. The van der Waals surface area contributed by atoms with E-state index in [-0.39, 0.29) is 11.6 Å². The smallest absolute Gasteiger partial charge is 0.265 e. The summed E-state index contributed by atoms with van der Waals surface area (Å²) in [5.41, 5.74) is 7.63. The second-order valence-electron chi connectivity index (χ2n) is 7.94. The molecule has 1 aromatic heterocycles. The van der Waals surface area contributed by atoms with Gasteiger partial charge in [0.05, 0.1) is 17.6 Å². The molecule has 0 bridgehead atoms. The molecule has 0 spiro atoms. The van der Waals surface area contributed by atoms with Gasteiger partial charge < -0.3 is 0 Å². The number of halogens is 1. The fourth-order valence-corrected chi connectivity index (χ4v) is 4.24. The van der Waals surface area contributed by atoms with Crippen molar-refractivity contribution in [2.24, 2.45) is 5.10 Å². The third-order valence-corrected chi connectivity index (χ3v) is 6.01. The third-order valence-electron chi connectivity index (χ3n) is 5.51. The predicted molar refractivity (Wildman–Crippen MR) is 140 cm³/mol. The second-order valence-corrected chi connectivity index (χ2v) is 8.86. The van der Waals surface area contributed by atoms with Gasteiger partial charge in [-0.1, -0.05) is 88.2 Å². The number of hydrogen-bond acceptors (Lipinski definition) is 3. The van der Waals surface area contributed by atoms with E-state index in [1.54, 1.807) is 6.21 Å². The van der Waals surface area contributed by atoms with Crippen LogP contribution in [0.5, 0.6) is 0 Å². The Kier molecular flexibility index (Phi) is 6.06. The fraction of sp³-hybridized carbons (Fsp3) is 0.0357. The van der Waals surface area contributed by atoms with Crippen molar-refractivity contribution < 1.29 is 4.79 Å². The highest BCUT2D eigenvalue weighted by Gasteiger charge is 2.18. The van der Waals surface area contributed by atoms with E-state index in [2.05, 4.69) is 55.8 Å². The first-order chi connectivity index (χ1) is 16.6. The molecule has 1 amide bonds. The van der Waals surface area contributed by atoms with Gasteiger partial charge in [0.25, 0.3) is 5.91 Å². The van der Waals surface area contributed by atoms with Crippen molar-refractivity contribution >= 4 is 38.8 Å². The molecule has 166 valence electrons. The number of carbonyl (C=O) groups excluding carboxylic acids is 1. The number of aryl methyl sites for hydroxylation is 1. The van der Waals surface area contributed by atoms with Crippen LogP contribution in [-0.2, 0) is 0 Å². The first-order valence-electron chi connectivity index (χ1n) is 10.8. The van der Waals surface area contributed by atoms with E-state index in [0.717, 1.165) is 43.3 Å². The average Bonchev–Trinajstić information content (AvgIpc) is 3.29. The molecule has 5 aromatic rings. The summed E-state index contributed by atoms with van der Waals surface area (Å²) < 4.78 is 2.76. The van der Waals surface area contributed by atoms with Crippen LogP contribution in [0.1, 0.15) is 21.6 Å². The van der Waals surface area contributed by atoms with Crippen LogP contribution in [0.15, 0.2) is 107 Å². The van der Waals surface area contributed by atoms with Gasteiger partial charge in [-0.15, -0.1) is 0 Å². The van der Waals surface area contributed by atoms with Crippen LogP contribution in [0.25, 0.3) is 27.7 Å². The summed E-state index contributed by atoms with van der Waals surface area (Å²) in [6.45, 7) is 2.04. The molecule has 4 aromatic carbocycles. The Morgan fingerprint density at radius 2 is 1.71 bits per heavy atom. The molecule has 0 saturated carbocycles. The van der Waals surface area contributed by atoms with Crippen LogP contribution in [-0.4, -0.2) is 21.9 Å². The lowest BCUT2D eigenvalue weighted by atomic mass is 10.0. The summed E-state index contributed by atoms with van der Waals surface area (Å²) >= 11 is 3.43. The molecule has 5 nitrogen and oxygen atoms in total. The summed E-state index contributed by atoms with van der Waals surface area (Å²) in [6.07, 6.45) is 1.60. The van der Waals surface area contributed by atoms with Crippen LogP contribution < -0.4 is 5.43 Å². The fourth-order valence-electron chi connectivity index (χ4n) is 3.83. The summed E-state index contributed by atoms with van der Waals surface area (Å²) in [4.78, 5) is 12.9. The number of benzene rings is 4. The Morgan fingerprint density at radius 3 is 2.53 bits per heavy atom. The zero-order valence-electron chi connectivity index (χ0n) is 18.4. The van der Waals surface area contributed by atoms with Crippen LogP contribution in [0.4, 0.5) is 0 Å². The molecule has 0 radical (unpaired) electrons. The average molecular weight is 509 g/mol. The Hall–Kier alpha value is -4.03. The topological polar surface area (TPSA) is 59.3 Å². The van der Waals surface area contributed by atoms with Crippen molar-refractivity contribution in [1.82, 2.24) is 15.2 Å². The van der Waals surface area contributed by atoms with Crippen molar-refractivity contribution in [3.8, 4) is 16.9 Å². The van der Waals surface area contributed by atoms with Gasteiger partial charge in [0, 0.05) is 10.0 Å². The molecule has 0 unspecified atom stereocenters. The Morgan fingerprint density at radius 1 is 0.941 bits per heavy atom. The summed E-state index contributed by atoms with van der Waals surface area (Å²) in [5, 5.41) is 11.0. The number of carbonyl (C=O) groups is 1. The monoisotopic (exact) mass is 508 g/mol. The highest BCUT2D eigenvalue weighted by Crippen LogP contribution is 2.31. The molecule has 0 atom stereocenters. The van der Waals surface area contributed by atoms with Crippen LogP contribution in [0.2, 0.25) is 0 Å². The van der Waals surface area contributed by atoms with E-state index in [1.165, 1.54) is 0 Å². The molecule has 0 aliphatic heterocycles. The maximum absolute atomic E-state index is 12.9. The molecular formula is C28H21BrN4O. The summed E-state index contributed by atoms with van der Waals surface area (Å²) in [7, 11) is 0. The van der Waals surface area contributed by atoms with Gasteiger partial charge in [0.15, 0.2) is 5.69 Å². The first kappa shape index (κ1) is 21.8. The Balaban J connectivity index is 1.54. The highest BCUT2D eigenvalue weighted by molar-refractivity contribution is 9.10. The lowest BCUT2D eigenvalue weighted by molar-refractivity contribution is 0.0949. The molecule has 5 rings (SSSR count). The van der Waals surface area contributed by atoms with Crippen molar-refractivity contribution in [3.63, 3.8) is 0 Å². The standard InChI is InChI=1S/C28H21BrN4O/c1-19-12-14-23(15-13-19)33-27(25-11-5-8-21-7-2-3-10-24(21)25)17-26(32-33)28(34)31-30-18-20-6-4-9-22(29)16-20/h2-18H,1H3,(H,31,34)/b30-18-. The van der Waals surface area contributed by atoms with E-state index in [4.69, 9.17) is 0 Å². The van der Waals surface area contributed by atoms with E-state index in [9.17, 15) is 4.79 Å². The number of hydrazone groups is 1. The van der Waals surface area contributed by atoms with Gasteiger partial charge >= 0.3 is 0 Å². The summed E-state index contributed by atoms with van der Waals surface area (Å²) in [6, 6.07) is 31.9. The Bertz CT molecular complexity index is 1510.